The van der Waals surface area contributed by atoms with Gasteiger partial charge < -0.3 is 0 Å². The highest BCUT2D eigenvalue weighted by Gasteiger charge is 2.20. The molecule has 1 aliphatic rings. The molecule has 0 unspecified atom stereocenters. The van der Waals surface area contributed by atoms with E-state index in [9.17, 15) is 0 Å². The van der Waals surface area contributed by atoms with Crippen LogP contribution in [0.25, 0.3) is 11.3 Å². The van der Waals surface area contributed by atoms with Gasteiger partial charge in [0.1, 0.15) is 0 Å². The first-order chi connectivity index (χ1) is 14.8. The summed E-state index contributed by atoms with van der Waals surface area (Å²) in [6.07, 6.45) is 18.8. The molecule has 30 heavy (non-hydrogen) atoms. The van der Waals surface area contributed by atoms with Gasteiger partial charge in [0.15, 0.2) is 0 Å². The van der Waals surface area contributed by atoms with Crippen molar-refractivity contribution in [2.45, 2.75) is 104 Å². The smallest absolute Gasteiger partial charge is 0.0929 e. The summed E-state index contributed by atoms with van der Waals surface area (Å²) < 4.78 is 0. The molecule has 1 fully saturated rings. The van der Waals surface area contributed by atoms with E-state index in [-0.39, 0.29) is 0 Å². The molecule has 0 spiro atoms. The van der Waals surface area contributed by atoms with Crippen LogP contribution in [0, 0.1) is 11.8 Å². The van der Waals surface area contributed by atoms with Gasteiger partial charge in [0, 0.05) is 5.56 Å². The van der Waals surface area contributed by atoms with Gasteiger partial charge in [-0.2, -0.15) is 10.2 Å². The van der Waals surface area contributed by atoms with E-state index >= 15 is 0 Å². The van der Waals surface area contributed by atoms with Crippen molar-refractivity contribution >= 4 is 0 Å². The van der Waals surface area contributed by atoms with Crippen LogP contribution in [0.3, 0.4) is 0 Å². The third kappa shape index (κ3) is 7.52. The van der Waals surface area contributed by atoms with Crippen molar-refractivity contribution in [3.05, 3.63) is 47.7 Å². The molecule has 0 amide bonds. The maximum absolute atomic E-state index is 4.54. The Morgan fingerprint density at radius 3 is 2.00 bits per heavy atom. The highest BCUT2D eigenvalue weighted by Crippen LogP contribution is 2.34. The van der Waals surface area contributed by atoms with Crippen LogP contribution >= 0.6 is 0 Å². The number of rotatable bonds is 12. The topological polar surface area (TPSA) is 25.8 Å². The predicted molar refractivity (Wildman–Crippen MR) is 129 cm³/mol. The normalized spacial score (nSPS) is 19.1. The molecule has 1 aromatic heterocycles. The van der Waals surface area contributed by atoms with Gasteiger partial charge in [-0.25, -0.2) is 0 Å². The zero-order valence-electron chi connectivity index (χ0n) is 19.4. The van der Waals surface area contributed by atoms with Gasteiger partial charge in [-0.1, -0.05) is 102 Å². The standard InChI is InChI=1S/C28H42N2/c1-3-5-7-8-10-24-15-18-26(19-16-24)28-22-21-27(29-30-28)20-17-25-13-11-23(12-14-25)9-6-4-2/h15-16,18-19,21-23,25H,3-14,17,20H2,1-2H3. The summed E-state index contributed by atoms with van der Waals surface area (Å²) in [6.45, 7) is 4.57. The molecule has 1 aliphatic carbocycles. The quantitative estimate of drug-likeness (QED) is 0.332. The summed E-state index contributed by atoms with van der Waals surface area (Å²) in [7, 11) is 0. The average molecular weight is 407 g/mol. The minimum absolute atomic E-state index is 0.897. The molecular weight excluding hydrogens is 364 g/mol. The molecule has 0 bridgehead atoms. The maximum atomic E-state index is 4.54. The van der Waals surface area contributed by atoms with E-state index in [4.69, 9.17) is 0 Å². The molecular formula is C28H42N2. The molecule has 3 rings (SSSR count). The molecule has 1 saturated carbocycles. The zero-order valence-corrected chi connectivity index (χ0v) is 19.4. The van der Waals surface area contributed by atoms with Crippen molar-refractivity contribution in [1.29, 1.82) is 0 Å². The average Bonchev–Trinajstić information content (AvgIpc) is 2.81. The zero-order chi connectivity index (χ0) is 21.0. The van der Waals surface area contributed by atoms with Gasteiger partial charge in [0.2, 0.25) is 0 Å². The molecule has 2 nitrogen and oxygen atoms in total. The number of nitrogens with zero attached hydrogens (tertiary/aromatic N) is 2. The van der Waals surface area contributed by atoms with Crippen LogP contribution in [0.15, 0.2) is 36.4 Å². The highest BCUT2D eigenvalue weighted by atomic mass is 15.1. The predicted octanol–water partition coefficient (Wildman–Crippen LogP) is 8.20. The molecule has 0 radical (unpaired) electrons. The number of unbranched alkanes of at least 4 members (excludes halogenated alkanes) is 4. The Labute approximate surface area is 184 Å². The van der Waals surface area contributed by atoms with Crippen molar-refractivity contribution in [3.8, 4) is 11.3 Å². The minimum Gasteiger partial charge on any atom is -0.155 e. The molecule has 0 saturated heterocycles. The first kappa shape index (κ1) is 23.0. The second-order valence-electron chi connectivity index (χ2n) is 9.49. The first-order valence-corrected chi connectivity index (χ1v) is 12.7. The van der Waals surface area contributed by atoms with E-state index in [2.05, 4.69) is 60.4 Å². The number of aryl methyl sites for hydroxylation is 2. The largest absolute Gasteiger partial charge is 0.155 e. The maximum Gasteiger partial charge on any atom is 0.0929 e. The van der Waals surface area contributed by atoms with Crippen molar-refractivity contribution in [2.75, 3.05) is 0 Å². The lowest BCUT2D eigenvalue weighted by Crippen LogP contribution is -2.15. The van der Waals surface area contributed by atoms with E-state index in [0.29, 0.717) is 0 Å². The van der Waals surface area contributed by atoms with Crippen LogP contribution in [0.5, 0.6) is 0 Å². The summed E-state index contributed by atoms with van der Waals surface area (Å²) >= 11 is 0. The minimum atomic E-state index is 0.897. The third-order valence-electron chi connectivity index (χ3n) is 7.03. The molecule has 0 N–H and O–H groups in total. The van der Waals surface area contributed by atoms with Gasteiger partial charge in [-0.3, -0.25) is 0 Å². The molecule has 164 valence electrons. The van der Waals surface area contributed by atoms with Gasteiger partial charge >= 0.3 is 0 Å². The fraction of sp³-hybridized carbons (Fsp3) is 0.643. The Morgan fingerprint density at radius 2 is 1.37 bits per heavy atom. The van der Waals surface area contributed by atoms with Crippen molar-refractivity contribution < 1.29 is 0 Å². The van der Waals surface area contributed by atoms with E-state index in [1.807, 2.05) is 0 Å². The van der Waals surface area contributed by atoms with E-state index in [1.165, 1.54) is 94.6 Å². The van der Waals surface area contributed by atoms with Crippen LogP contribution in [0.4, 0.5) is 0 Å². The Hall–Kier alpha value is -1.70. The SMILES string of the molecule is CCCCCCc1ccc(-c2ccc(CCC3CCC(CCCC)CC3)nn2)cc1. The Balaban J connectivity index is 1.41. The molecule has 2 heteroatoms. The van der Waals surface area contributed by atoms with Crippen molar-refractivity contribution in [1.82, 2.24) is 10.2 Å². The van der Waals surface area contributed by atoms with Crippen LogP contribution in [-0.2, 0) is 12.8 Å². The monoisotopic (exact) mass is 406 g/mol. The van der Waals surface area contributed by atoms with E-state index in [0.717, 1.165) is 29.6 Å². The second-order valence-corrected chi connectivity index (χ2v) is 9.49. The molecule has 2 aromatic rings. The summed E-state index contributed by atoms with van der Waals surface area (Å²) in [5.41, 5.74) is 4.76. The fourth-order valence-electron chi connectivity index (χ4n) is 4.90. The van der Waals surface area contributed by atoms with Crippen molar-refractivity contribution in [2.24, 2.45) is 11.8 Å². The Kier molecular flexibility index (Phi) is 9.86. The summed E-state index contributed by atoms with van der Waals surface area (Å²) in [6, 6.07) is 13.3. The number of hydrogen-bond donors (Lipinski definition) is 0. The van der Waals surface area contributed by atoms with E-state index in [1.54, 1.807) is 0 Å². The first-order valence-electron chi connectivity index (χ1n) is 12.7. The van der Waals surface area contributed by atoms with Gasteiger partial charge in [0.05, 0.1) is 11.4 Å². The highest BCUT2D eigenvalue weighted by molar-refractivity contribution is 5.58. The molecule has 1 heterocycles. The lowest BCUT2D eigenvalue weighted by atomic mass is 9.78. The molecule has 0 aliphatic heterocycles. The lowest BCUT2D eigenvalue weighted by molar-refractivity contribution is 0.249. The van der Waals surface area contributed by atoms with Crippen LogP contribution in [0.1, 0.15) is 102 Å². The van der Waals surface area contributed by atoms with Gasteiger partial charge in [0.25, 0.3) is 0 Å². The molecule has 1 aromatic carbocycles. The number of benzene rings is 1. The van der Waals surface area contributed by atoms with Gasteiger partial charge in [-0.05, 0) is 55.2 Å². The van der Waals surface area contributed by atoms with Crippen LogP contribution < -0.4 is 0 Å². The number of hydrogen-bond acceptors (Lipinski definition) is 2. The van der Waals surface area contributed by atoms with Crippen molar-refractivity contribution in [3.63, 3.8) is 0 Å². The van der Waals surface area contributed by atoms with Crippen LogP contribution in [0.2, 0.25) is 0 Å². The molecule has 0 atom stereocenters. The second kappa shape index (κ2) is 12.9. The summed E-state index contributed by atoms with van der Waals surface area (Å²) in [4.78, 5) is 0. The van der Waals surface area contributed by atoms with E-state index < -0.39 is 0 Å². The Bertz CT molecular complexity index is 696. The van der Waals surface area contributed by atoms with Crippen LogP contribution in [-0.4, -0.2) is 10.2 Å². The van der Waals surface area contributed by atoms with Gasteiger partial charge in [-0.15, -0.1) is 0 Å². The summed E-state index contributed by atoms with van der Waals surface area (Å²) in [5.74, 6) is 1.90. The lowest BCUT2D eigenvalue weighted by Gasteiger charge is -2.28. The third-order valence-corrected chi connectivity index (χ3v) is 7.03. The Morgan fingerprint density at radius 1 is 0.667 bits per heavy atom. The fourth-order valence-corrected chi connectivity index (χ4v) is 4.90. The summed E-state index contributed by atoms with van der Waals surface area (Å²) in [5, 5.41) is 9.06. The number of aromatic nitrogens is 2.